The predicted molar refractivity (Wildman–Crippen MR) is 85.4 cm³/mol. The highest BCUT2D eigenvalue weighted by atomic mass is 14.8. The van der Waals surface area contributed by atoms with E-state index in [1.807, 2.05) is 12.3 Å². The maximum absolute atomic E-state index is 6.74. The van der Waals surface area contributed by atoms with Crippen molar-refractivity contribution >= 4 is 0 Å². The van der Waals surface area contributed by atoms with Gasteiger partial charge in [-0.25, -0.2) is 0 Å². The van der Waals surface area contributed by atoms with Crippen LogP contribution in [0.5, 0.6) is 0 Å². The Morgan fingerprint density at radius 2 is 1.81 bits per heavy atom. The fourth-order valence-electron chi connectivity index (χ4n) is 4.29. The Kier molecular flexibility index (Phi) is 3.27. The van der Waals surface area contributed by atoms with Crippen molar-refractivity contribution in [3.63, 3.8) is 0 Å². The maximum Gasteiger partial charge on any atom is 0.0482 e. The molecule has 2 aliphatic carbocycles. The molecule has 2 nitrogen and oxygen atoms in total. The summed E-state index contributed by atoms with van der Waals surface area (Å²) in [4.78, 5) is 4.63. The Bertz CT molecular complexity index is 650. The number of benzene rings is 1. The number of aromatic nitrogens is 1. The number of fused-ring (bicyclic) bond motifs is 2. The average Bonchev–Trinajstić information content (AvgIpc) is 2.98. The van der Waals surface area contributed by atoms with Crippen LogP contribution in [0, 0.1) is 0 Å². The fraction of sp³-hybridized carbons (Fsp3) is 0.421. The van der Waals surface area contributed by atoms with Gasteiger partial charge in [0.15, 0.2) is 0 Å². The lowest BCUT2D eigenvalue weighted by Gasteiger charge is -2.33. The van der Waals surface area contributed by atoms with Gasteiger partial charge in [0.1, 0.15) is 0 Å². The Morgan fingerprint density at radius 1 is 0.952 bits per heavy atom. The molecule has 0 aliphatic heterocycles. The average molecular weight is 278 g/mol. The van der Waals surface area contributed by atoms with Gasteiger partial charge in [0.2, 0.25) is 0 Å². The van der Waals surface area contributed by atoms with Crippen molar-refractivity contribution in [1.29, 1.82) is 0 Å². The first kappa shape index (κ1) is 13.0. The number of nitrogens with zero attached hydrogens (tertiary/aromatic N) is 1. The van der Waals surface area contributed by atoms with Crippen LogP contribution in [0.4, 0.5) is 0 Å². The number of aryl methyl sites for hydroxylation is 2. The molecule has 0 amide bonds. The minimum atomic E-state index is 0.197. The van der Waals surface area contributed by atoms with E-state index in [2.05, 4.69) is 35.3 Å². The third-order valence-corrected chi connectivity index (χ3v) is 5.35. The van der Waals surface area contributed by atoms with Crippen molar-refractivity contribution in [3.8, 4) is 0 Å². The second-order valence-corrected chi connectivity index (χ2v) is 6.47. The fourth-order valence-corrected chi connectivity index (χ4v) is 4.29. The van der Waals surface area contributed by atoms with Crippen molar-refractivity contribution in [2.45, 2.75) is 50.0 Å². The highest BCUT2D eigenvalue weighted by Crippen LogP contribution is 2.42. The molecule has 3 unspecified atom stereocenters. The molecular formula is C19H22N2. The van der Waals surface area contributed by atoms with Gasteiger partial charge in [0.05, 0.1) is 0 Å². The summed E-state index contributed by atoms with van der Waals surface area (Å²) in [5.41, 5.74) is 12.4. The molecule has 1 aromatic heterocycles. The normalized spacial score (nSPS) is 25.2. The summed E-state index contributed by atoms with van der Waals surface area (Å²) in [6.45, 7) is 0. The van der Waals surface area contributed by atoms with Gasteiger partial charge in [-0.3, -0.25) is 4.98 Å². The molecule has 2 N–H and O–H groups in total. The Labute approximate surface area is 126 Å². The van der Waals surface area contributed by atoms with Crippen LogP contribution in [0.15, 0.2) is 42.6 Å². The molecule has 2 heteroatoms. The Hall–Kier alpha value is -1.67. The molecule has 21 heavy (non-hydrogen) atoms. The van der Waals surface area contributed by atoms with Crippen LogP contribution in [0.3, 0.4) is 0 Å². The zero-order chi connectivity index (χ0) is 14.2. The monoisotopic (exact) mass is 278 g/mol. The quantitative estimate of drug-likeness (QED) is 0.912. The second-order valence-electron chi connectivity index (χ2n) is 6.47. The summed E-state index contributed by atoms with van der Waals surface area (Å²) < 4.78 is 0. The van der Waals surface area contributed by atoms with Crippen molar-refractivity contribution in [1.82, 2.24) is 4.98 Å². The molecule has 0 fully saturated rings. The van der Waals surface area contributed by atoms with Gasteiger partial charge in [-0.05, 0) is 60.8 Å². The van der Waals surface area contributed by atoms with Crippen molar-refractivity contribution < 1.29 is 0 Å². The van der Waals surface area contributed by atoms with Crippen molar-refractivity contribution in [2.24, 2.45) is 5.73 Å². The molecule has 0 saturated carbocycles. The van der Waals surface area contributed by atoms with Crippen LogP contribution in [0.1, 0.15) is 53.5 Å². The van der Waals surface area contributed by atoms with Crippen molar-refractivity contribution in [3.05, 3.63) is 65.0 Å². The SMILES string of the molecule is NC(C1CCCc2ccccc21)C1CCc2cccnc21. The van der Waals surface area contributed by atoms with Gasteiger partial charge in [-0.1, -0.05) is 30.3 Å². The van der Waals surface area contributed by atoms with Crippen LogP contribution in [-0.2, 0) is 12.8 Å². The lowest BCUT2D eigenvalue weighted by atomic mass is 9.74. The highest BCUT2D eigenvalue weighted by Gasteiger charge is 2.35. The van der Waals surface area contributed by atoms with E-state index in [9.17, 15) is 0 Å². The number of pyridine rings is 1. The molecule has 108 valence electrons. The summed E-state index contributed by atoms with van der Waals surface area (Å²) in [6.07, 6.45) is 7.90. The van der Waals surface area contributed by atoms with Crippen molar-refractivity contribution in [2.75, 3.05) is 0 Å². The molecule has 1 aromatic carbocycles. The first-order valence-corrected chi connectivity index (χ1v) is 8.12. The Balaban J connectivity index is 1.66. The standard InChI is InChI=1S/C19H22N2/c20-18(17-11-10-14-7-4-12-21-19(14)17)16-9-3-6-13-5-1-2-8-15(13)16/h1-2,4-5,7-8,12,16-18H,3,6,9-11,20H2. The third kappa shape index (κ3) is 2.18. The minimum absolute atomic E-state index is 0.197. The summed E-state index contributed by atoms with van der Waals surface area (Å²) >= 11 is 0. The third-order valence-electron chi connectivity index (χ3n) is 5.35. The smallest absolute Gasteiger partial charge is 0.0482 e. The molecule has 0 radical (unpaired) electrons. The lowest BCUT2D eigenvalue weighted by Crippen LogP contribution is -2.36. The van der Waals surface area contributed by atoms with Gasteiger partial charge in [0, 0.05) is 23.9 Å². The molecule has 0 bridgehead atoms. The summed E-state index contributed by atoms with van der Waals surface area (Å²) in [5, 5.41) is 0. The first-order chi connectivity index (χ1) is 10.3. The van der Waals surface area contributed by atoms with E-state index in [1.165, 1.54) is 41.6 Å². The largest absolute Gasteiger partial charge is 0.327 e. The zero-order valence-corrected chi connectivity index (χ0v) is 12.3. The van der Waals surface area contributed by atoms with Gasteiger partial charge >= 0.3 is 0 Å². The van der Waals surface area contributed by atoms with Crippen LogP contribution in [0.2, 0.25) is 0 Å². The molecule has 4 rings (SSSR count). The zero-order valence-electron chi connectivity index (χ0n) is 12.3. The van der Waals surface area contributed by atoms with E-state index in [1.54, 1.807) is 0 Å². The molecule has 2 aromatic rings. The highest BCUT2D eigenvalue weighted by molar-refractivity contribution is 5.37. The van der Waals surface area contributed by atoms with Gasteiger partial charge in [-0.15, -0.1) is 0 Å². The van der Waals surface area contributed by atoms with E-state index in [0.717, 1.165) is 12.8 Å². The molecule has 2 aliphatic rings. The summed E-state index contributed by atoms with van der Waals surface area (Å²) in [7, 11) is 0. The van der Waals surface area contributed by atoms with Gasteiger partial charge < -0.3 is 5.73 Å². The number of hydrogen-bond acceptors (Lipinski definition) is 2. The molecule has 0 spiro atoms. The topological polar surface area (TPSA) is 38.9 Å². The van der Waals surface area contributed by atoms with Crippen LogP contribution >= 0.6 is 0 Å². The molecular weight excluding hydrogens is 256 g/mol. The first-order valence-electron chi connectivity index (χ1n) is 8.12. The van der Waals surface area contributed by atoms with Crippen LogP contribution in [-0.4, -0.2) is 11.0 Å². The molecule has 1 heterocycles. The Morgan fingerprint density at radius 3 is 2.76 bits per heavy atom. The summed E-state index contributed by atoms with van der Waals surface area (Å²) in [6, 6.07) is 13.3. The van der Waals surface area contributed by atoms with E-state index in [-0.39, 0.29) is 6.04 Å². The number of rotatable bonds is 2. The van der Waals surface area contributed by atoms with E-state index in [4.69, 9.17) is 5.73 Å². The summed E-state index contributed by atoms with van der Waals surface area (Å²) in [5.74, 6) is 0.922. The van der Waals surface area contributed by atoms with Gasteiger partial charge in [0.25, 0.3) is 0 Å². The maximum atomic E-state index is 6.74. The van der Waals surface area contributed by atoms with Crippen LogP contribution in [0.25, 0.3) is 0 Å². The second kappa shape index (κ2) is 5.27. The number of hydrogen-bond donors (Lipinski definition) is 1. The minimum Gasteiger partial charge on any atom is -0.327 e. The van der Waals surface area contributed by atoms with Gasteiger partial charge in [-0.2, -0.15) is 0 Å². The lowest BCUT2D eigenvalue weighted by molar-refractivity contribution is 0.400. The van der Waals surface area contributed by atoms with Crippen LogP contribution < -0.4 is 5.73 Å². The molecule has 0 saturated heterocycles. The van der Waals surface area contributed by atoms with E-state index < -0.39 is 0 Å². The number of nitrogens with two attached hydrogens (primary N) is 1. The van der Waals surface area contributed by atoms with E-state index >= 15 is 0 Å². The predicted octanol–water partition coefficient (Wildman–Crippen LogP) is 3.56. The molecule has 3 atom stereocenters. The van der Waals surface area contributed by atoms with E-state index in [0.29, 0.717) is 11.8 Å².